The number of hydrogen-bond acceptors (Lipinski definition) is 5. The van der Waals surface area contributed by atoms with Gasteiger partial charge < -0.3 is 9.47 Å². The van der Waals surface area contributed by atoms with Gasteiger partial charge in [0.15, 0.2) is 5.84 Å². The zero-order chi connectivity index (χ0) is 18.5. The van der Waals surface area contributed by atoms with Crippen LogP contribution < -0.4 is 5.01 Å². The van der Waals surface area contributed by atoms with E-state index in [9.17, 15) is 9.59 Å². The van der Waals surface area contributed by atoms with E-state index >= 15 is 0 Å². The summed E-state index contributed by atoms with van der Waals surface area (Å²) in [5, 5.41) is 2.27. The highest BCUT2D eigenvalue weighted by molar-refractivity contribution is 6.14. The molecule has 0 aliphatic carbocycles. The minimum atomic E-state index is -0.711. The highest BCUT2D eigenvalue weighted by atomic mass is 16.6. The van der Waals surface area contributed by atoms with Crippen LogP contribution in [-0.4, -0.2) is 36.2 Å². The fraction of sp³-hybridized carbons (Fsp3) is 0.211. The zero-order valence-corrected chi connectivity index (χ0v) is 14.6. The number of rotatable bonds is 3. The summed E-state index contributed by atoms with van der Waals surface area (Å²) in [6.45, 7) is 3.74. The van der Waals surface area contributed by atoms with Crippen molar-refractivity contribution < 1.29 is 19.1 Å². The first-order valence-electron chi connectivity index (χ1n) is 8.34. The van der Waals surface area contributed by atoms with Gasteiger partial charge in [-0.2, -0.15) is 10.0 Å². The number of carbonyl (C=O) groups excluding carboxylic acids is 2. The predicted octanol–water partition coefficient (Wildman–Crippen LogP) is 4.11. The lowest BCUT2D eigenvalue weighted by atomic mass is 10.1. The lowest BCUT2D eigenvalue weighted by Gasteiger charge is -2.36. The maximum atomic E-state index is 12.7. The predicted molar refractivity (Wildman–Crippen MR) is 97.4 cm³/mol. The first kappa shape index (κ1) is 17.5. The number of hydrogen-bond donors (Lipinski definition) is 0. The van der Waals surface area contributed by atoms with Crippen molar-refractivity contribution in [3.63, 3.8) is 0 Å². The van der Waals surface area contributed by atoms with E-state index in [-0.39, 0.29) is 19.0 Å². The summed E-state index contributed by atoms with van der Waals surface area (Å²) >= 11 is 0. The molecule has 134 valence electrons. The largest absolute Gasteiger partial charge is 0.448 e. The van der Waals surface area contributed by atoms with Crippen molar-refractivity contribution in [2.75, 3.05) is 18.2 Å². The first-order chi connectivity index (χ1) is 12.7. The van der Waals surface area contributed by atoms with Gasteiger partial charge in [0.1, 0.15) is 0 Å². The molecule has 3 rings (SSSR count). The molecule has 0 bridgehead atoms. The van der Waals surface area contributed by atoms with Gasteiger partial charge in [0.25, 0.3) is 0 Å². The van der Waals surface area contributed by atoms with E-state index in [1.54, 1.807) is 32.0 Å². The summed E-state index contributed by atoms with van der Waals surface area (Å²) in [5.74, 6) is 0.288. The number of anilines is 1. The Morgan fingerprint density at radius 2 is 1.42 bits per heavy atom. The van der Waals surface area contributed by atoms with Gasteiger partial charge in [0, 0.05) is 5.56 Å². The van der Waals surface area contributed by atoms with Gasteiger partial charge in [-0.15, -0.1) is 0 Å². The van der Waals surface area contributed by atoms with Crippen LogP contribution in [0.5, 0.6) is 0 Å². The van der Waals surface area contributed by atoms with Crippen LogP contribution in [0.2, 0.25) is 0 Å². The summed E-state index contributed by atoms with van der Waals surface area (Å²) in [7, 11) is 0. The van der Waals surface area contributed by atoms with Crippen LogP contribution in [0.1, 0.15) is 19.4 Å². The fourth-order valence-electron chi connectivity index (χ4n) is 2.59. The van der Waals surface area contributed by atoms with E-state index in [2.05, 4.69) is 4.99 Å². The zero-order valence-electron chi connectivity index (χ0n) is 14.6. The van der Waals surface area contributed by atoms with E-state index in [1.807, 2.05) is 36.4 Å². The molecule has 2 aromatic rings. The Hall–Kier alpha value is -3.35. The quantitative estimate of drug-likeness (QED) is 0.832. The molecule has 7 nitrogen and oxygen atoms in total. The van der Waals surface area contributed by atoms with Crippen LogP contribution >= 0.6 is 0 Å². The molecule has 0 fully saturated rings. The monoisotopic (exact) mass is 353 g/mol. The van der Waals surface area contributed by atoms with Crippen molar-refractivity contribution >= 4 is 29.4 Å². The van der Waals surface area contributed by atoms with Crippen molar-refractivity contribution in [1.82, 2.24) is 5.01 Å². The Balaban J connectivity index is 2.19. The number of ether oxygens (including phenoxy) is 2. The molecule has 7 heteroatoms. The number of amides is 2. The lowest BCUT2D eigenvalue weighted by molar-refractivity contribution is 0.113. The Kier molecular flexibility index (Phi) is 5.17. The number of benzene rings is 2. The number of hydrazine groups is 1. The summed E-state index contributed by atoms with van der Waals surface area (Å²) in [5.41, 5.74) is 1.67. The second-order valence-electron chi connectivity index (χ2n) is 5.31. The summed E-state index contributed by atoms with van der Waals surface area (Å²) in [4.78, 5) is 29.9. The van der Waals surface area contributed by atoms with Crippen LogP contribution in [0.25, 0.3) is 0 Å². The molecule has 1 aliphatic rings. The first-order valence-corrected chi connectivity index (χ1v) is 8.34. The average Bonchev–Trinajstić information content (AvgIpc) is 2.67. The smallest absolute Gasteiger partial charge is 0.435 e. The number of carbonyl (C=O) groups is 2. The van der Waals surface area contributed by atoms with Gasteiger partial charge in [-0.1, -0.05) is 42.5 Å². The van der Waals surface area contributed by atoms with E-state index in [0.29, 0.717) is 16.9 Å². The van der Waals surface area contributed by atoms with Gasteiger partial charge in [0.05, 0.1) is 24.6 Å². The third-order valence-electron chi connectivity index (χ3n) is 3.65. The molecular formula is C19H19N3O4. The number of para-hydroxylation sites is 2. The van der Waals surface area contributed by atoms with Crippen molar-refractivity contribution in [3.8, 4) is 0 Å². The molecule has 0 saturated carbocycles. The van der Waals surface area contributed by atoms with Gasteiger partial charge in [0.2, 0.25) is 0 Å². The molecule has 0 saturated heterocycles. The van der Waals surface area contributed by atoms with Crippen molar-refractivity contribution in [1.29, 1.82) is 0 Å². The van der Waals surface area contributed by atoms with Crippen LogP contribution in [0.3, 0.4) is 0 Å². The topological polar surface area (TPSA) is 71.4 Å². The van der Waals surface area contributed by atoms with Crippen LogP contribution in [-0.2, 0) is 9.47 Å². The van der Waals surface area contributed by atoms with Gasteiger partial charge in [-0.05, 0) is 26.0 Å². The highest BCUT2D eigenvalue weighted by Gasteiger charge is 2.38. The van der Waals surface area contributed by atoms with E-state index in [0.717, 1.165) is 10.0 Å². The Labute approximate surface area is 151 Å². The lowest BCUT2D eigenvalue weighted by Crippen LogP contribution is -2.55. The minimum Gasteiger partial charge on any atom is -0.448 e. The molecule has 1 aliphatic heterocycles. The van der Waals surface area contributed by atoms with E-state index in [4.69, 9.17) is 9.47 Å². The van der Waals surface area contributed by atoms with E-state index < -0.39 is 12.2 Å². The fourth-order valence-corrected chi connectivity index (χ4v) is 2.59. The third kappa shape index (κ3) is 3.23. The van der Waals surface area contributed by atoms with Crippen molar-refractivity contribution in [2.24, 2.45) is 4.99 Å². The molecule has 0 radical (unpaired) electrons. The molecule has 0 spiro atoms. The SMILES string of the molecule is CCOC(=O)N1C(c2ccccc2)=Nc2ccccc2N1C(=O)OCC. The number of aliphatic imine (C=N–C) groups is 1. The van der Waals surface area contributed by atoms with Gasteiger partial charge >= 0.3 is 12.2 Å². The van der Waals surface area contributed by atoms with Crippen LogP contribution in [0.15, 0.2) is 59.6 Å². The molecule has 0 unspecified atom stereocenters. The van der Waals surface area contributed by atoms with Crippen molar-refractivity contribution in [3.05, 3.63) is 60.2 Å². The summed E-state index contributed by atoms with van der Waals surface area (Å²) < 4.78 is 10.3. The number of amidine groups is 1. The minimum absolute atomic E-state index is 0.162. The third-order valence-corrected chi connectivity index (χ3v) is 3.65. The van der Waals surface area contributed by atoms with Crippen LogP contribution in [0, 0.1) is 0 Å². The molecule has 1 heterocycles. The van der Waals surface area contributed by atoms with E-state index in [1.165, 1.54) is 0 Å². The standard InChI is InChI=1S/C19H19N3O4/c1-3-25-18(23)21-16-13-9-8-12-15(16)20-17(14-10-6-5-7-11-14)22(21)19(24)26-4-2/h5-13H,3-4H2,1-2H3. The number of nitrogens with zero attached hydrogens (tertiary/aromatic N) is 3. The summed E-state index contributed by atoms with van der Waals surface area (Å²) in [6.07, 6.45) is -1.39. The van der Waals surface area contributed by atoms with Gasteiger partial charge in [-0.25, -0.2) is 14.6 Å². The molecule has 0 aromatic heterocycles. The maximum absolute atomic E-state index is 12.7. The second kappa shape index (κ2) is 7.69. The molecule has 2 aromatic carbocycles. The highest BCUT2D eigenvalue weighted by Crippen LogP contribution is 2.36. The molecule has 2 amide bonds. The Bertz CT molecular complexity index is 836. The number of fused-ring (bicyclic) bond motifs is 1. The Morgan fingerprint density at radius 3 is 2.08 bits per heavy atom. The van der Waals surface area contributed by atoms with Crippen LogP contribution in [0.4, 0.5) is 21.0 Å². The van der Waals surface area contributed by atoms with Gasteiger partial charge in [-0.3, -0.25) is 0 Å². The summed E-state index contributed by atoms with van der Waals surface area (Å²) in [6, 6.07) is 16.2. The average molecular weight is 353 g/mol. The normalized spacial score (nSPS) is 12.9. The second-order valence-corrected chi connectivity index (χ2v) is 5.31. The maximum Gasteiger partial charge on any atom is 0.435 e. The molecule has 0 atom stereocenters. The Morgan fingerprint density at radius 1 is 0.846 bits per heavy atom. The molecule has 26 heavy (non-hydrogen) atoms. The molecule has 0 N–H and O–H groups in total. The van der Waals surface area contributed by atoms with Crippen molar-refractivity contribution in [2.45, 2.75) is 13.8 Å². The molecular weight excluding hydrogens is 334 g/mol.